The molecule has 3 aromatic rings. The fourth-order valence-corrected chi connectivity index (χ4v) is 2.77. The topological polar surface area (TPSA) is 35.5 Å². The summed E-state index contributed by atoms with van der Waals surface area (Å²) in [6.45, 7) is 6.11. The molecule has 112 valence electrons. The molecule has 0 fully saturated rings. The van der Waals surface area contributed by atoms with Gasteiger partial charge in [-0.2, -0.15) is 0 Å². The van der Waals surface area contributed by atoms with Gasteiger partial charge in [0, 0.05) is 10.8 Å². The van der Waals surface area contributed by atoms with Crippen LogP contribution in [0.5, 0.6) is 5.75 Å². The highest BCUT2D eigenvalue weighted by molar-refractivity contribution is 6.07. The molecule has 0 bridgehead atoms. The molecule has 0 N–H and O–H groups in total. The Morgan fingerprint density at radius 1 is 1.05 bits per heavy atom. The lowest BCUT2D eigenvalue weighted by Crippen LogP contribution is -2.10. The lowest BCUT2D eigenvalue weighted by molar-refractivity contribution is 0.105. The van der Waals surface area contributed by atoms with Gasteiger partial charge in [0.25, 0.3) is 0 Å². The first kappa shape index (κ1) is 14.4. The van der Waals surface area contributed by atoms with E-state index in [9.17, 15) is 4.79 Å². The Morgan fingerprint density at radius 3 is 2.64 bits per heavy atom. The second-order valence-electron chi connectivity index (χ2n) is 5.39. The van der Waals surface area contributed by atoms with Crippen LogP contribution in [0.2, 0.25) is 0 Å². The van der Waals surface area contributed by atoms with E-state index >= 15 is 0 Å². The molecule has 0 aliphatic carbocycles. The first-order valence-corrected chi connectivity index (χ1v) is 7.37. The van der Waals surface area contributed by atoms with Crippen LogP contribution in [-0.2, 0) is 4.74 Å². The van der Waals surface area contributed by atoms with Crippen molar-refractivity contribution in [2.75, 3.05) is 6.61 Å². The van der Waals surface area contributed by atoms with Gasteiger partial charge in [-0.25, -0.2) is 4.79 Å². The molecule has 0 aliphatic rings. The van der Waals surface area contributed by atoms with E-state index in [0.717, 1.165) is 27.1 Å². The Kier molecular flexibility index (Phi) is 3.72. The molecular formula is C19H18O3. The molecule has 0 atom stereocenters. The summed E-state index contributed by atoms with van der Waals surface area (Å²) >= 11 is 0. The van der Waals surface area contributed by atoms with Crippen LogP contribution in [0.25, 0.3) is 21.5 Å². The quantitative estimate of drug-likeness (QED) is 0.373. The number of carbonyl (C=O) groups excluding carboxylic acids is 1. The van der Waals surface area contributed by atoms with Crippen molar-refractivity contribution in [1.82, 2.24) is 0 Å². The van der Waals surface area contributed by atoms with Crippen molar-refractivity contribution in [3.05, 3.63) is 53.6 Å². The van der Waals surface area contributed by atoms with Crippen LogP contribution in [0.15, 0.2) is 42.5 Å². The second-order valence-corrected chi connectivity index (χ2v) is 5.39. The SMILES string of the molecule is CCOC(=O)Oc1c2ccc(C)cc2cc2cccc(C)c12. The van der Waals surface area contributed by atoms with Crippen LogP contribution in [0.3, 0.4) is 0 Å². The van der Waals surface area contributed by atoms with Gasteiger partial charge in [-0.05, 0) is 43.2 Å². The van der Waals surface area contributed by atoms with Gasteiger partial charge in [-0.3, -0.25) is 0 Å². The third-order valence-electron chi connectivity index (χ3n) is 3.74. The number of carbonyl (C=O) groups is 1. The zero-order valence-corrected chi connectivity index (χ0v) is 13.0. The summed E-state index contributed by atoms with van der Waals surface area (Å²) in [4.78, 5) is 11.8. The average molecular weight is 294 g/mol. The molecule has 0 amide bonds. The van der Waals surface area contributed by atoms with Crippen LogP contribution >= 0.6 is 0 Å². The summed E-state index contributed by atoms with van der Waals surface area (Å²) in [6, 6.07) is 14.3. The van der Waals surface area contributed by atoms with E-state index in [2.05, 4.69) is 12.1 Å². The van der Waals surface area contributed by atoms with Gasteiger partial charge < -0.3 is 9.47 Å². The fourth-order valence-electron chi connectivity index (χ4n) is 2.77. The minimum Gasteiger partial charge on any atom is -0.434 e. The van der Waals surface area contributed by atoms with Crippen LogP contribution < -0.4 is 4.74 Å². The predicted octanol–water partition coefficient (Wildman–Crippen LogP) is 5.15. The second kappa shape index (κ2) is 5.68. The normalized spacial score (nSPS) is 10.9. The predicted molar refractivity (Wildman–Crippen MR) is 88.6 cm³/mol. The van der Waals surface area contributed by atoms with Crippen molar-refractivity contribution in [3.8, 4) is 5.75 Å². The van der Waals surface area contributed by atoms with Crippen LogP contribution in [0, 0.1) is 13.8 Å². The Hall–Kier alpha value is -2.55. The standard InChI is InChI=1S/C19H18O3/c1-4-21-19(20)22-18-16-9-8-12(2)10-15(16)11-14-7-5-6-13(3)17(14)18/h5-11H,4H2,1-3H3. The summed E-state index contributed by atoms with van der Waals surface area (Å²) in [5.74, 6) is 0.573. The summed E-state index contributed by atoms with van der Waals surface area (Å²) in [5, 5.41) is 3.97. The summed E-state index contributed by atoms with van der Waals surface area (Å²) in [6.07, 6.45) is -0.667. The molecular weight excluding hydrogens is 276 g/mol. The third kappa shape index (κ3) is 2.50. The Bertz CT molecular complexity index is 865. The maximum absolute atomic E-state index is 11.8. The summed E-state index contributed by atoms with van der Waals surface area (Å²) in [5.41, 5.74) is 2.24. The van der Waals surface area contributed by atoms with E-state index in [0.29, 0.717) is 12.4 Å². The van der Waals surface area contributed by atoms with Gasteiger partial charge in [0.2, 0.25) is 0 Å². The van der Waals surface area contributed by atoms with E-state index in [1.807, 2.05) is 44.2 Å². The lowest BCUT2D eigenvalue weighted by Gasteiger charge is -2.13. The van der Waals surface area contributed by atoms with Crippen LogP contribution in [-0.4, -0.2) is 12.8 Å². The Morgan fingerprint density at radius 2 is 1.86 bits per heavy atom. The number of benzene rings is 3. The van der Waals surface area contributed by atoms with Gasteiger partial charge in [-0.15, -0.1) is 0 Å². The highest BCUT2D eigenvalue weighted by Gasteiger charge is 2.15. The average Bonchev–Trinajstić information content (AvgIpc) is 2.46. The van der Waals surface area contributed by atoms with Gasteiger partial charge in [0.05, 0.1) is 6.61 Å². The lowest BCUT2D eigenvalue weighted by atomic mass is 9.98. The number of hydrogen-bond acceptors (Lipinski definition) is 3. The molecule has 3 heteroatoms. The fraction of sp³-hybridized carbons (Fsp3) is 0.211. The Labute approximate surface area is 129 Å². The van der Waals surface area contributed by atoms with Crippen molar-refractivity contribution >= 4 is 27.7 Å². The van der Waals surface area contributed by atoms with Crippen molar-refractivity contribution in [2.45, 2.75) is 20.8 Å². The molecule has 0 saturated carbocycles. The molecule has 0 heterocycles. The summed E-state index contributed by atoms with van der Waals surface area (Å²) in [7, 11) is 0. The van der Waals surface area contributed by atoms with Gasteiger partial charge in [-0.1, -0.05) is 42.0 Å². The number of hydrogen-bond donors (Lipinski definition) is 0. The van der Waals surface area contributed by atoms with Crippen LogP contribution in [0.1, 0.15) is 18.1 Å². The molecule has 0 aliphatic heterocycles. The minimum absolute atomic E-state index is 0.291. The highest BCUT2D eigenvalue weighted by Crippen LogP contribution is 2.37. The minimum atomic E-state index is -0.667. The zero-order valence-electron chi connectivity index (χ0n) is 13.0. The molecule has 0 radical (unpaired) electrons. The smallest absolute Gasteiger partial charge is 0.434 e. The number of ether oxygens (including phenoxy) is 2. The van der Waals surface area contributed by atoms with Gasteiger partial charge in [0.15, 0.2) is 0 Å². The number of rotatable bonds is 2. The molecule has 0 saturated heterocycles. The Balaban J connectivity index is 2.33. The van der Waals surface area contributed by atoms with Crippen molar-refractivity contribution < 1.29 is 14.3 Å². The molecule has 22 heavy (non-hydrogen) atoms. The summed E-state index contributed by atoms with van der Waals surface area (Å²) < 4.78 is 10.5. The largest absolute Gasteiger partial charge is 0.513 e. The number of aryl methyl sites for hydroxylation is 2. The first-order chi connectivity index (χ1) is 10.6. The zero-order chi connectivity index (χ0) is 15.7. The van der Waals surface area contributed by atoms with Crippen LogP contribution in [0.4, 0.5) is 4.79 Å². The van der Waals surface area contributed by atoms with E-state index in [-0.39, 0.29) is 0 Å². The first-order valence-electron chi connectivity index (χ1n) is 7.37. The van der Waals surface area contributed by atoms with Crippen molar-refractivity contribution in [3.63, 3.8) is 0 Å². The van der Waals surface area contributed by atoms with Crippen molar-refractivity contribution in [1.29, 1.82) is 0 Å². The molecule has 0 aromatic heterocycles. The van der Waals surface area contributed by atoms with E-state index in [1.165, 1.54) is 5.56 Å². The monoisotopic (exact) mass is 294 g/mol. The van der Waals surface area contributed by atoms with Gasteiger partial charge in [0.1, 0.15) is 5.75 Å². The van der Waals surface area contributed by atoms with E-state index < -0.39 is 6.16 Å². The van der Waals surface area contributed by atoms with E-state index in [1.54, 1.807) is 6.92 Å². The van der Waals surface area contributed by atoms with Gasteiger partial charge >= 0.3 is 6.16 Å². The van der Waals surface area contributed by atoms with Crippen molar-refractivity contribution in [2.24, 2.45) is 0 Å². The van der Waals surface area contributed by atoms with E-state index in [4.69, 9.17) is 9.47 Å². The molecule has 3 rings (SSSR count). The molecule has 0 spiro atoms. The molecule has 3 nitrogen and oxygen atoms in total. The highest BCUT2D eigenvalue weighted by atomic mass is 16.7. The molecule has 0 unspecified atom stereocenters. The third-order valence-corrected chi connectivity index (χ3v) is 3.74. The number of fused-ring (bicyclic) bond motifs is 2. The maximum Gasteiger partial charge on any atom is 0.513 e. The molecule has 3 aromatic carbocycles. The maximum atomic E-state index is 11.8.